The molecule has 0 saturated heterocycles. The molecular formula is C14H12O3. The lowest BCUT2D eigenvalue weighted by molar-refractivity contribution is -0.140. The fourth-order valence-electron chi connectivity index (χ4n) is 1.92. The average molecular weight is 228 g/mol. The molecule has 3 heteroatoms. The normalized spacial score (nSPS) is 15.5. The van der Waals surface area contributed by atoms with Crippen LogP contribution < -0.4 is 0 Å². The highest BCUT2D eigenvalue weighted by Gasteiger charge is 2.52. The van der Waals surface area contributed by atoms with Crippen LogP contribution in [0.4, 0.5) is 0 Å². The molecule has 0 atom stereocenters. The second-order valence-corrected chi connectivity index (χ2v) is 4.11. The molecule has 1 aliphatic rings. The second kappa shape index (κ2) is 4.42. The van der Waals surface area contributed by atoms with Crippen LogP contribution in [-0.4, -0.2) is 17.4 Å². The van der Waals surface area contributed by atoms with Gasteiger partial charge in [-0.2, -0.15) is 0 Å². The van der Waals surface area contributed by atoms with Gasteiger partial charge < -0.3 is 9.90 Å². The van der Waals surface area contributed by atoms with Gasteiger partial charge in [-0.15, -0.1) is 0 Å². The molecule has 0 aliphatic heterocycles. The number of rotatable bonds is 3. The van der Waals surface area contributed by atoms with Gasteiger partial charge in [-0.25, -0.2) is 0 Å². The van der Waals surface area contributed by atoms with Crippen molar-refractivity contribution in [1.82, 2.24) is 0 Å². The van der Waals surface area contributed by atoms with Crippen LogP contribution in [0.5, 0.6) is 0 Å². The Balaban J connectivity index is 2.39. The SMILES string of the molecule is O=CCC#Cc1ccccc1C1(C(=O)O)CC1. The second-order valence-electron chi connectivity index (χ2n) is 4.11. The number of carbonyl (C=O) groups is 2. The van der Waals surface area contributed by atoms with Crippen LogP contribution >= 0.6 is 0 Å². The van der Waals surface area contributed by atoms with Crippen molar-refractivity contribution in [3.8, 4) is 11.8 Å². The number of aldehydes is 1. The lowest BCUT2D eigenvalue weighted by Gasteiger charge is -2.11. The van der Waals surface area contributed by atoms with Crippen LogP contribution in [0.2, 0.25) is 0 Å². The highest BCUT2D eigenvalue weighted by molar-refractivity contribution is 5.86. The van der Waals surface area contributed by atoms with Gasteiger partial charge in [0.1, 0.15) is 6.29 Å². The zero-order chi connectivity index (χ0) is 12.3. The van der Waals surface area contributed by atoms with Crippen molar-refractivity contribution in [3.05, 3.63) is 35.4 Å². The Kier molecular flexibility index (Phi) is 2.97. The van der Waals surface area contributed by atoms with Crippen molar-refractivity contribution in [1.29, 1.82) is 0 Å². The monoisotopic (exact) mass is 228 g/mol. The zero-order valence-corrected chi connectivity index (χ0v) is 9.27. The summed E-state index contributed by atoms with van der Waals surface area (Å²) >= 11 is 0. The smallest absolute Gasteiger partial charge is 0.314 e. The fourth-order valence-corrected chi connectivity index (χ4v) is 1.92. The third kappa shape index (κ3) is 2.07. The molecule has 1 fully saturated rings. The molecule has 1 aliphatic carbocycles. The van der Waals surface area contributed by atoms with Crippen molar-refractivity contribution in [3.63, 3.8) is 0 Å². The molecule has 86 valence electrons. The minimum Gasteiger partial charge on any atom is -0.481 e. The van der Waals surface area contributed by atoms with E-state index in [9.17, 15) is 14.7 Å². The van der Waals surface area contributed by atoms with Gasteiger partial charge in [-0.3, -0.25) is 4.79 Å². The van der Waals surface area contributed by atoms with Crippen LogP contribution in [0.3, 0.4) is 0 Å². The van der Waals surface area contributed by atoms with E-state index in [0.29, 0.717) is 18.4 Å². The van der Waals surface area contributed by atoms with Gasteiger partial charge in [0, 0.05) is 5.56 Å². The van der Waals surface area contributed by atoms with E-state index in [0.717, 1.165) is 11.8 Å². The van der Waals surface area contributed by atoms with Gasteiger partial charge in [0.15, 0.2) is 0 Å². The summed E-state index contributed by atoms with van der Waals surface area (Å²) in [6.45, 7) is 0. The number of aliphatic carboxylic acids is 1. The first kappa shape index (κ1) is 11.4. The summed E-state index contributed by atoms with van der Waals surface area (Å²) in [6.07, 6.45) is 2.23. The summed E-state index contributed by atoms with van der Waals surface area (Å²) in [7, 11) is 0. The molecule has 0 heterocycles. The number of carbonyl (C=O) groups excluding carboxylic acids is 1. The fraction of sp³-hybridized carbons (Fsp3) is 0.286. The molecule has 0 radical (unpaired) electrons. The maximum atomic E-state index is 11.3. The van der Waals surface area contributed by atoms with Gasteiger partial charge in [-0.05, 0) is 24.5 Å². The van der Waals surface area contributed by atoms with E-state index in [1.54, 1.807) is 6.07 Å². The van der Waals surface area contributed by atoms with Gasteiger partial charge in [0.2, 0.25) is 0 Å². The molecule has 0 aromatic heterocycles. The average Bonchev–Trinajstić information content (AvgIpc) is 3.11. The van der Waals surface area contributed by atoms with E-state index in [1.165, 1.54) is 0 Å². The molecule has 0 bridgehead atoms. The van der Waals surface area contributed by atoms with E-state index in [2.05, 4.69) is 11.8 Å². The predicted molar refractivity (Wildman–Crippen MR) is 62.5 cm³/mol. The Hall–Kier alpha value is -2.08. The Bertz CT molecular complexity index is 516. The van der Waals surface area contributed by atoms with E-state index in [-0.39, 0.29) is 6.42 Å². The quantitative estimate of drug-likeness (QED) is 0.633. The molecular weight excluding hydrogens is 216 g/mol. The summed E-state index contributed by atoms with van der Waals surface area (Å²) in [5.41, 5.74) is 0.743. The third-order valence-corrected chi connectivity index (χ3v) is 3.01. The minimum atomic E-state index is -0.790. The van der Waals surface area contributed by atoms with Crippen LogP contribution in [-0.2, 0) is 15.0 Å². The highest BCUT2D eigenvalue weighted by Crippen LogP contribution is 2.49. The summed E-state index contributed by atoms with van der Waals surface area (Å²) < 4.78 is 0. The van der Waals surface area contributed by atoms with Gasteiger partial charge in [0.25, 0.3) is 0 Å². The van der Waals surface area contributed by atoms with Crippen LogP contribution in [0, 0.1) is 11.8 Å². The van der Waals surface area contributed by atoms with Gasteiger partial charge in [0.05, 0.1) is 11.8 Å². The Labute approximate surface area is 99.5 Å². The van der Waals surface area contributed by atoms with Crippen LogP contribution in [0.15, 0.2) is 24.3 Å². The first-order valence-electron chi connectivity index (χ1n) is 5.46. The van der Waals surface area contributed by atoms with Gasteiger partial charge >= 0.3 is 5.97 Å². The number of hydrogen-bond acceptors (Lipinski definition) is 2. The first-order valence-corrected chi connectivity index (χ1v) is 5.46. The minimum absolute atomic E-state index is 0.175. The molecule has 1 aromatic carbocycles. The van der Waals surface area contributed by atoms with E-state index < -0.39 is 11.4 Å². The van der Waals surface area contributed by atoms with Crippen LogP contribution in [0.1, 0.15) is 30.4 Å². The predicted octanol–water partition coefficient (Wildman–Crippen LogP) is 1.74. The Morgan fingerprint density at radius 2 is 2.12 bits per heavy atom. The maximum Gasteiger partial charge on any atom is 0.314 e. The standard InChI is InChI=1S/C14H12O3/c15-10-4-3-6-11-5-1-2-7-12(11)14(8-9-14)13(16)17/h1-2,5,7,10H,4,8-9H2,(H,16,17). The van der Waals surface area contributed by atoms with E-state index in [1.807, 2.05) is 18.2 Å². The van der Waals surface area contributed by atoms with Crippen molar-refractivity contribution < 1.29 is 14.7 Å². The topological polar surface area (TPSA) is 54.4 Å². The summed E-state index contributed by atoms with van der Waals surface area (Å²) in [5, 5.41) is 9.25. The largest absolute Gasteiger partial charge is 0.481 e. The molecule has 1 N–H and O–H groups in total. The molecule has 0 spiro atoms. The van der Waals surface area contributed by atoms with Crippen molar-refractivity contribution in [2.24, 2.45) is 0 Å². The Morgan fingerprint density at radius 1 is 1.41 bits per heavy atom. The van der Waals surface area contributed by atoms with E-state index >= 15 is 0 Å². The molecule has 1 saturated carbocycles. The molecule has 17 heavy (non-hydrogen) atoms. The zero-order valence-electron chi connectivity index (χ0n) is 9.27. The number of carboxylic acids is 1. The Morgan fingerprint density at radius 3 is 2.71 bits per heavy atom. The molecule has 0 amide bonds. The molecule has 1 aromatic rings. The lowest BCUT2D eigenvalue weighted by Crippen LogP contribution is -2.20. The third-order valence-electron chi connectivity index (χ3n) is 3.01. The maximum absolute atomic E-state index is 11.3. The number of benzene rings is 1. The van der Waals surface area contributed by atoms with Crippen molar-refractivity contribution in [2.75, 3.05) is 0 Å². The van der Waals surface area contributed by atoms with Crippen molar-refractivity contribution in [2.45, 2.75) is 24.7 Å². The number of carboxylic acid groups (broad SMARTS) is 1. The van der Waals surface area contributed by atoms with Crippen LogP contribution in [0.25, 0.3) is 0 Å². The lowest BCUT2D eigenvalue weighted by atomic mass is 9.91. The first-order chi connectivity index (χ1) is 8.20. The highest BCUT2D eigenvalue weighted by atomic mass is 16.4. The molecule has 2 rings (SSSR count). The molecule has 3 nitrogen and oxygen atoms in total. The summed E-state index contributed by atoms with van der Waals surface area (Å²) in [6, 6.07) is 7.26. The summed E-state index contributed by atoms with van der Waals surface area (Å²) in [4.78, 5) is 21.5. The van der Waals surface area contributed by atoms with Crippen molar-refractivity contribution >= 4 is 12.3 Å². The summed E-state index contributed by atoms with van der Waals surface area (Å²) in [5.74, 6) is 4.80. The number of hydrogen-bond donors (Lipinski definition) is 1. The van der Waals surface area contributed by atoms with Gasteiger partial charge in [-0.1, -0.05) is 30.0 Å². The molecule has 0 unspecified atom stereocenters. The van der Waals surface area contributed by atoms with E-state index in [4.69, 9.17) is 0 Å².